The number of aliphatic imine (C=N–C) groups is 1. The molecule has 1 aromatic rings. The third-order valence-corrected chi connectivity index (χ3v) is 3.86. The second-order valence-electron chi connectivity index (χ2n) is 6.87. The number of furan rings is 1. The molecule has 0 saturated carbocycles. The molecule has 1 fully saturated rings. The monoisotopic (exact) mass is 448 g/mol. The van der Waals surface area contributed by atoms with Crippen molar-refractivity contribution in [2.24, 2.45) is 4.99 Å². The average molecular weight is 448 g/mol. The predicted molar refractivity (Wildman–Crippen MR) is 102 cm³/mol. The summed E-state index contributed by atoms with van der Waals surface area (Å²) in [5, 5.41) is 3.31. The van der Waals surface area contributed by atoms with Crippen molar-refractivity contribution >= 4 is 36.0 Å². The number of rotatable bonds is 2. The van der Waals surface area contributed by atoms with E-state index in [1.54, 1.807) is 11.2 Å². The Balaban J connectivity index is 0.00000208. The van der Waals surface area contributed by atoms with Gasteiger partial charge in [0.1, 0.15) is 11.4 Å². The SMILES string of the molecule is CC(C)(C)OC(=O)N1CCN2C(NCc3ccco3)=NCC2C1.I. The number of fused-ring (bicyclic) bond motifs is 1. The number of halogens is 1. The second-order valence-corrected chi connectivity index (χ2v) is 6.87. The number of carbonyl (C=O) groups is 1. The Bertz CT molecular complexity index is 583. The first kappa shape index (κ1) is 18.9. The maximum Gasteiger partial charge on any atom is 0.410 e. The summed E-state index contributed by atoms with van der Waals surface area (Å²) in [6, 6.07) is 4.02. The first-order valence-electron chi connectivity index (χ1n) is 7.98. The van der Waals surface area contributed by atoms with Crippen LogP contribution in [-0.4, -0.2) is 59.7 Å². The van der Waals surface area contributed by atoms with Crippen LogP contribution in [0.5, 0.6) is 0 Å². The number of carbonyl (C=O) groups excluding carboxylic acids is 1. The summed E-state index contributed by atoms with van der Waals surface area (Å²) in [5.74, 6) is 1.76. The molecule has 7 nitrogen and oxygen atoms in total. The molecule has 1 amide bonds. The van der Waals surface area contributed by atoms with E-state index < -0.39 is 5.60 Å². The Hall–Kier alpha value is -1.45. The molecule has 1 N–H and O–H groups in total. The molecule has 0 spiro atoms. The van der Waals surface area contributed by atoms with Gasteiger partial charge in [-0.3, -0.25) is 4.99 Å². The van der Waals surface area contributed by atoms with E-state index in [9.17, 15) is 4.79 Å². The zero-order valence-corrected chi connectivity index (χ0v) is 16.6. The molecule has 0 radical (unpaired) electrons. The van der Waals surface area contributed by atoms with Gasteiger partial charge in [0.15, 0.2) is 5.96 Å². The van der Waals surface area contributed by atoms with Crippen LogP contribution in [-0.2, 0) is 11.3 Å². The van der Waals surface area contributed by atoms with Gasteiger partial charge >= 0.3 is 6.09 Å². The molecule has 8 heteroatoms. The largest absolute Gasteiger partial charge is 0.467 e. The number of guanidine groups is 1. The van der Waals surface area contributed by atoms with Crippen LogP contribution in [0.25, 0.3) is 0 Å². The van der Waals surface area contributed by atoms with Gasteiger partial charge in [-0.1, -0.05) is 0 Å². The summed E-state index contributed by atoms with van der Waals surface area (Å²) >= 11 is 0. The summed E-state index contributed by atoms with van der Waals surface area (Å²) < 4.78 is 10.8. The normalized spacial score (nSPS) is 20.1. The summed E-state index contributed by atoms with van der Waals surface area (Å²) in [4.78, 5) is 20.7. The van der Waals surface area contributed by atoms with Crippen molar-refractivity contribution in [1.29, 1.82) is 0 Å². The molecule has 24 heavy (non-hydrogen) atoms. The number of nitrogens with one attached hydrogen (secondary N) is 1. The van der Waals surface area contributed by atoms with E-state index in [1.165, 1.54) is 0 Å². The third kappa shape index (κ3) is 4.55. The second kappa shape index (κ2) is 7.62. The van der Waals surface area contributed by atoms with E-state index in [2.05, 4.69) is 15.2 Å². The Morgan fingerprint density at radius 2 is 2.25 bits per heavy atom. The van der Waals surface area contributed by atoms with E-state index in [1.807, 2.05) is 32.9 Å². The Kier molecular flexibility index (Phi) is 6.00. The van der Waals surface area contributed by atoms with Crippen molar-refractivity contribution in [3.8, 4) is 0 Å². The number of hydrogen-bond acceptors (Lipinski definition) is 6. The number of nitrogens with zero attached hydrogens (tertiary/aromatic N) is 3. The first-order chi connectivity index (χ1) is 10.9. The van der Waals surface area contributed by atoms with Crippen molar-refractivity contribution in [1.82, 2.24) is 15.1 Å². The minimum Gasteiger partial charge on any atom is -0.467 e. The molecular weight excluding hydrogens is 423 g/mol. The van der Waals surface area contributed by atoms with Crippen molar-refractivity contribution in [3.63, 3.8) is 0 Å². The fraction of sp³-hybridized carbons (Fsp3) is 0.625. The van der Waals surface area contributed by atoms with Gasteiger partial charge in [0, 0.05) is 19.6 Å². The molecule has 1 atom stereocenters. The number of amides is 1. The van der Waals surface area contributed by atoms with Gasteiger partial charge < -0.3 is 24.3 Å². The zero-order chi connectivity index (χ0) is 16.4. The molecule has 1 unspecified atom stereocenters. The number of ether oxygens (including phenoxy) is 1. The van der Waals surface area contributed by atoms with E-state index in [0.717, 1.165) is 18.3 Å². The van der Waals surface area contributed by atoms with Gasteiger partial charge in [0.25, 0.3) is 0 Å². The maximum absolute atomic E-state index is 12.2. The highest BCUT2D eigenvalue weighted by Crippen LogP contribution is 2.18. The molecule has 0 aliphatic carbocycles. The molecule has 1 aromatic heterocycles. The van der Waals surface area contributed by atoms with E-state index in [4.69, 9.17) is 9.15 Å². The molecule has 0 bridgehead atoms. The molecule has 2 aliphatic heterocycles. The molecule has 134 valence electrons. The topological polar surface area (TPSA) is 70.3 Å². The van der Waals surface area contributed by atoms with Gasteiger partial charge in [-0.05, 0) is 32.9 Å². The van der Waals surface area contributed by atoms with Crippen molar-refractivity contribution in [2.75, 3.05) is 26.2 Å². The lowest BCUT2D eigenvalue weighted by Crippen LogP contribution is -2.57. The fourth-order valence-electron chi connectivity index (χ4n) is 2.80. The van der Waals surface area contributed by atoms with Crippen LogP contribution < -0.4 is 5.32 Å². The first-order valence-corrected chi connectivity index (χ1v) is 7.98. The van der Waals surface area contributed by atoms with E-state index >= 15 is 0 Å². The van der Waals surface area contributed by atoms with Gasteiger partial charge in [-0.25, -0.2) is 4.79 Å². The summed E-state index contributed by atoms with van der Waals surface area (Å²) in [5.41, 5.74) is -0.462. The van der Waals surface area contributed by atoms with Crippen molar-refractivity contribution in [3.05, 3.63) is 24.2 Å². The molecule has 3 heterocycles. The van der Waals surface area contributed by atoms with Gasteiger partial charge in [-0.2, -0.15) is 0 Å². The average Bonchev–Trinajstić information content (AvgIpc) is 3.12. The van der Waals surface area contributed by atoms with Crippen LogP contribution in [0.15, 0.2) is 27.8 Å². The fourth-order valence-corrected chi connectivity index (χ4v) is 2.80. The Morgan fingerprint density at radius 1 is 1.46 bits per heavy atom. The summed E-state index contributed by atoms with van der Waals surface area (Å²) in [6.45, 7) is 9.01. The maximum atomic E-state index is 12.2. The quantitative estimate of drug-likeness (QED) is 0.704. The van der Waals surface area contributed by atoms with Crippen LogP contribution in [0.2, 0.25) is 0 Å². The van der Waals surface area contributed by atoms with Gasteiger partial charge in [0.05, 0.1) is 25.4 Å². The lowest BCUT2D eigenvalue weighted by Gasteiger charge is -2.39. The molecule has 0 aromatic carbocycles. The smallest absolute Gasteiger partial charge is 0.410 e. The standard InChI is InChI=1S/C16H24N4O3.HI/c1-16(2,3)23-15(21)19-6-7-20-12(11-19)9-17-14(20)18-10-13-5-4-8-22-13;/h4-5,8,12H,6-7,9-11H2,1-3H3,(H,17,18);1H. The number of hydrogen-bond donors (Lipinski definition) is 1. The highest BCUT2D eigenvalue weighted by Gasteiger charge is 2.36. The molecule has 3 rings (SSSR count). The highest BCUT2D eigenvalue weighted by atomic mass is 127. The highest BCUT2D eigenvalue weighted by molar-refractivity contribution is 14.0. The van der Waals surface area contributed by atoms with Gasteiger partial charge in [0.2, 0.25) is 0 Å². The van der Waals surface area contributed by atoms with E-state index in [-0.39, 0.29) is 36.1 Å². The zero-order valence-electron chi connectivity index (χ0n) is 14.3. The lowest BCUT2D eigenvalue weighted by atomic mass is 10.2. The van der Waals surface area contributed by atoms with Crippen molar-refractivity contribution in [2.45, 2.75) is 39.0 Å². The number of piperazine rings is 1. The summed E-state index contributed by atoms with van der Waals surface area (Å²) in [6.07, 6.45) is 1.42. The van der Waals surface area contributed by atoms with Crippen molar-refractivity contribution < 1.29 is 13.9 Å². The third-order valence-electron chi connectivity index (χ3n) is 3.86. The van der Waals surface area contributed by atoms with Crippen LogP contribution in [0.1, 0.15) is 26.5 Å². The Labute approximate surface area is 159 Å². The Morgan fingerprint density at radius 3 is 2.92 bits per heavy atom. The molecular formula is C16H25IN4O3. The van der Waals surface area contributed by atoms with Crippen LogP contribution in [0.3, 0.4) is 0 Å². The summed E-state index contributed by atoms with van der Waals surface area (Å²) in [7, 11) is 0. The molecule has 2 aliphatic rings. The van der Waals surface area contributed by atoms with E-state index in [0.29, 0.717) is 26.2 Å². The minimum absolute atomic E-state index is 0. The molecule has 1 saturated heterocycles. The van der Waals surface area contributed by atoms with Crippen LogP contribution in [0.4, 0.5) is 4.79 Å². The minimum atomic E-state index is -0.462. The van der Waals surface area contributed by atoms with Crippen LogP contribution in [0, 0.1) is 0 Å². The lowest BCUT2D eigenvalue weighted by molar-refractivity contribution is 0.0137. The van der Waals surface area contributed by atoms with Crippen LogP contribution >= 0.6 is 24.0 Å². The predicted octanol–water partition coefficient (Wildman–Crippen LogP) is 2.28. The van der Waals surface area contributed by atoms with Gasteiger partial charge in [-0.15, -0.1) is 24.0 Å².